The summed E-state index contributed by atoms with van der Waals surface area (Å²) in [6.45, 7) is 0.119. The Morgan fingerprint density at radius 3 is 2.26 bits per heavy atom. The van der Waals surface area contributed by atoms with Crippen LogP contribution in [0.15, 0.2) is 71.8 Å². The summed E-state index contributed by atoms with van der Waals surface area (Å²) in [4.78, 5) is 23.8. The molecule has 0 spiro atoms. The SMILES string of the molecule is O=C(COc1ccc(Cl)cc1)N/N=C\c1ccc(OC(=O)CCCOc2ccc(Cl)cc2Cl)cc1. The third-order valence-corrected chi connectivity index (χ3v) is 5.16. The van der Waals surface area contributed by atoms with Gasteiger partial charge in [-0.1, -0.05) is 34.8 Å². The molecule has 1 N–H and O–H groups in total. The number of hydrazone groups is 1. The zero-order valence-electron chi connectivity index (χ0n) is 18.4. The molecule has 35 heavy (non-hydrogen) atoms. The van der Waals surface area contributed by atoms with Gasteiger partial charge in [0, 0.05) is 16.5 Å². The minimum Gasteiger partial charge on any atom is -0.492 e. The highest BCUT2D eigenvalue weighted by molar-refractivity contribution is 6.35. The van der Waals surface area contributed by atoms with Crippen molar-refractivity contribution < 1.29 is 23.8 Å². The van der Waals surface area contributed by atoms with Crippen molar-refractivity contribution in [3.8, 4) is 17.2 Å². The molecule has 10 heteroatoms. The number of ether oxygens (including phenoxy) is 3. The van der Waals surface area contributed by atoms with Crippen molar-refractivity contribution in [2.45, 2.75) is 12.8 Å². The summed E-state index contributed by atoms with van der Waals surface area (Å²) in [7, 11) is 0. The quantitative estimate of drug-likeness (QED) is 0.108. The molecule has 0 saturated carbocycles. The average molecular weight is 536 g/mol. The Kier molecular flexibility index (Phi) is 10.2. The first-order valence-corrected chi connectivity index (χ1v) is 11.6. The minimum atomic E-state index is -0.413. The first kappa shape index (κ1) is 26.3. The summed E-state index contributed by atoms with van der Waals surface area (Å²) in [5.74, 6) is 0.632. The fourth-order valence-electron chi connectivity index (χ4n) is 2.69. The van der Waals surface area contributed by atoms with Gasteiger partial charge in [0.2, 0.25) is 0 Å². The highest BCUT2D eigenvalue weighted by atomic mass is 35.5. The van der Waals surface area contributed by atoms with Crippen molar-refractivity contribution in [1.82, 2.24) is 5.43 Å². The summed E-state index contributed by atoms with van der Waals surface area (Å²) in [6, 6.07) is 18.3. The zero-order valence-corrected chi connectivity index (χ0v) is 20.6. The molecule has 0 fully saturated rings. The number of hydrogen-bond donors (Lipinski definition) is 1. The molecule has 0 aliphatic heterocycles. The van der Waals surface area contributed by atoms with E-state index in [1.807, 2.05) is 0 Å². The number of nitrogens with one attached hydrogen (secondary N) is 1. The third kappa shape index (κ3) is 9.48. The molecule has 0 heterocycles. The Morgan fingerprint density at radius 1 is 0.857 bits per heavy atom. The van der Waals surface area contributed by atoms with Crippen LogP contribution in [0.1, 0.15) is 18.4 Å². The van der Waals surface area contributed by atoms with Gasteiger partial charge >= 0.3 is 5.97 Å². The number of rotatable bonds is 11. The lowest BCUT2D eigenvalue weighted by atomic mass is 10.2. The number of esters is 1. The van der Waals surface area contributed by atoms with E-state index >= 15 is 0 Å². The second-order valence-corrected chi connectivity index (χ2v) is 8.39. The first-order valence-electron chi connectivity index (χ1n) is 10.5. The van der Waals surface area contributed by atoms with E-state index < -0.39 is 5.91 Å². The van der Waals surface area contributed by atoms with Crippen molar-refractivity contribution in [3.63, 3.8) is 0 Å². The molecule has 0 atom stereocenters. The predicted octanol–water partition coefficient (Wildman–Crippen LogP) is 5.94. The molecule has 0 saturated heterocycles. The molecule has 3 aromatic rings. The van der Waals surface area contributed by atoms with Crippen LogP contribution in [0.5, 0.6) is 17.2 Å². The van der Waals surface area contributed by atoms with Crippen LogP contribution < -0.4 is 19.6 Å². The maximum atomic E-state index is 12.0. The lowest BCUT2D eigenvalue weighted by Crippen LogP contribution is -2.24. The van der Waals surface area contributed by atoms with E-state index in [1.54, 1.807) is 66.7 Å². The van der Waals surface area contributed by atoms with Crippen molar-refractivity contribution in [2.75, 3.05) is 13.2 Å². The molecule has 7 nitrogen and oxygen atoms in total. The summed E-state index contributed by atoms with van der Waals surface area (Å²) in [5.41, 5.74) is 3.08. The van der Waals surface area contributed by atoms with Gasteiger partial charge in [0.05, 0.1) is 17.8 Å². The molecule has 0 aliphatic carbocycles. The standard InChI is InChI=1S/C25H21Cl3N2O5/c26-18-5-10-20(11-6-18)34-16-24(31)30-29-15-17-3-8-21(9-4-17)35-25(32)2-1-13-33-23-12-7-19(27)14-22(23)28/h3-12,14-15H,1-2,13,16H2,(H,30,31)/b29-15-. The largest absolute Gasteiger partial charge is 0.492 e. The highest BCUT2D eigenvalue weighted by Gasteiger charge is 2.07. The van der Waals surface area contributed by atoms with Crippen LogP contribution in [0.3, 0.4) is 0 Å². The van der Waals surface area contributed by atoms with Gasteiger partial charge < -0.3 is 14.2 Å². The Morgan fingerprint density at radius 2 is 1.54 bits per heavy atom. The van der Waals surface area contributed by atoms with Crippen molar-refractivity contribution in [2.24, 2.45) is 5.10 Å². The van der Waals surface area contributed by atoms with Gasteiger partial charge in [-0.3, -0.25) is 9.59 Å². The van der Waals surface area contributed by atoms with Gasteiger partial charge in [-0.2, -0.15) is 5.10 Å². The topological polar surface area (TPSA) is 86.2 Å². The van der Waals surface area contributed by atoms with E-state index in [0.717, 1.165) is 0 Å². The molecule has 0 aliphatic rings. The Balaban J connectivity index is 1.34. The lowest BCUT2D eigenvalue weighted by molar-refractivity contribution is -0.134. The highest BCUT2D eigenvalue weighted by Crippen LogP contribution is 2.27. The molecular weight excluding hydrogens is 515 g/mol. The van der Waals surface area contributed by atoms with Gasteiger partial charge in [-0.15, -0.1) is 0 Å². The predicted molar refractivity (Wildman–Crippen MR) is 136 cm³/mol. The smallest absolute Gasteiger partial charge is 0.311 e. The van der Waals surface area contributed by atoms with Crippen LogP contribution in [0, 0.1) is 0 Å². The Hall–Kier alpha value is -3.26. The molecule has 3 rings (SSSR count). The maximum Gasteiger partial charge on any atom is 0.311 e. The number of hydrogen-bond acceptors (Lipinski definition) is 6. The van der Waals surface area contributed by atoms with E-state index in [0.29, 0.717) is 50.9 Å². The number of halogens is 3. The number of amides is 1. The lowest BCUT2D eigenvalue weighted by Gasteiger charge is -2.08. The van der Waals surface area contributed by atoms with Crippen LogP contribution in [-0.2, 0) is 9.59 Å². The molecule has 0 bridgehead atoms. The van der Waals surface area contributed by atoms with E-state index in [2.05, 4.69) is 10.5 Å². The monoisotopic (exact) mass is 534 g/mol. The molecule has 182 valence electrons. The first-order chi connectivity index (χ1) is 16.9. The van der Waals surface area contributed by atoms with Crippen LogP contribution in [-0.4, -0.2) is 31.3 Å². The second kappa shape index (κ2) is 13.6. The average Bonchev–Trinajstić information content (AvgIpc) is 2.84. The Labute approximate surface area is 217 Å². The zero-order chi connectivity index (χ0) is 25.0. The number of carbonyl (C=O) groups excluding carboxylic acids is 2. The number of benzene rings is 3. The molecule has 0 aromatic heterocycles. The van der Waals surface area contributed by atoms with Gasteiger partial charge in [0.15, 0.2) is 6.61 Å². The third-order valence-electron chi connectivity index (χ3n) is 4.37. The van der Waals surface area contributed by atoms with E-state index in [4.69, 9.17) is 49.0 Å². The van der Waals surface area contributed by atoms with Crippen molar-refractivity contribution in [3.05, 3.63) is 87.4 Å². The fourth-order valence-corrected chi connectivity index (χ4v) is 3.28. The molecule has 0 radical (unpaired) electrons. The maximum absolute atomic E-state index is 12.0. The second-order valence-electron chi connectivity index (χ2n) is 7.11. The molecule has 0 unspecified atom stereocenters. The van der Waals surface area contributed by atoms with Gasteiger partial charge in [-0.25, -0.2) is 5.43 Å². The minimum absolute atomic E-state index is 0.179. The van der Waals surface area contributed by atoms with Gasteiger partial charge in [0.25, 0.3) is 5.91 Å². The van der Waals surface area contributed by atoms with Crippen LogP contribution >= 0.6 is 34.8 Å². The van der Waals surface area contributed by atoms with Crippen LogP contribution in [0.25, 0.3) is 0 Å². The molecule has 1 amide bonds. The summed E-state index contributed by atoms with van der Waals surface area (Å²) >= 11 is 17.7. The van der Waals surface area contributed by atoms with Gasteiger partial charge in [-0.05, 0) is 78.7 Å². The Bertz CT molecular complexity index is 1170. The molecule has 3 aromatic carbocycles. The molecular formula is C25H21Cl3N2O5. The van der Waals surface area contributed by atoms with Crippen molar-refractivity contribution >= 4 is 52.9 Å². The number of carbonyl (C=O) groups is 2. The van der Waals surface area contributed by atoms with E-state index in [-0.39, 0.29) is 19.0 Å². The van der Waals surface area contributed by atoms with Crippen LogP contribution in [0.2, 0.25) is 15.1 Å². The fraction of sp³-hybridized carbons (Fsp3) is 0.160. The van der Waals surface area contributed by atoms with Crippen LogP contribution in [0.4, 0.5) is 0 Å². The van der Waals surface area contributed by atoms with E-state index in [1.165, 1.54) is 6.21 Å². The van der Waals surface area contributed by atoms with E-state index in [9.17, 15) is 9.59 Å². The van der Waals surface area contributed by atoms with Gasteiger partial charge in [0.1, 0.15) is 17.2 Å². The number of nitrogens with zero attached hydrogens (tertiary/aromatic N) is 1. The van der Waals surface area contributed by atoms with Crippen molar-refractivity contribution in [1.29, 1.82) is 0 Å². The summed E-state index contributed by atoms with van der Waals surface area (Å²) in [6.07, 6.45) is 2.10. The normalized spacial score (nSPS) is 10.7. The summed E-state index contributed by atoms with van der Waals surface area (Å²) < 4.78 is 16.2. The summed E-state index contributed by atoms with van der Waals surface area (Å²) in [5, 5.41) is 5.39.